The first-order chi connectivity index (χ1) is 18.5. The monoisotopic (exact) mass is 586 g/mol. The molecule has 3 N–H and O–H groups in total. The summed E-state index contributed by atoms with van der Waals surface area (Å²) in [6.07, 6.45) is -10.1. The fourth-order valence-electron chi connectivity index (χ4n) is 3.91. The summed E-state index contributed by atoms with van der Waals surface area (Å²) in [4.78, 5) is 38.0. The first kappa shape index (κ1) is 28.5. The Balaban J connectivity index is 1.86. The van der Waals surface area contributed by atoms with Crippen molar-refractivity contribution in [1.82, 2.24) is 14.8 Å². The van der Waals surface area contributed by atoms with Crippen molar-refractivity contribution in [3.63, 3.8) is 0 Å². The van der Waals surface area contributed by atoms with Crippen LogP contribution in [-0.4, -0.2) is 31.5 Å². The second-order valence-electron chi connectivity index (χ2n) is 8.51. The number of nitrogens with zero attached hydrogens (tertiary/aromatic N) is 4. The molecule has 3 aromatic heterocycles. The number of benzene rings is 1. The smallest absolute Gasteiger partial charge is 0.365 e. The second-order valence-corrected chi connectivity index (χ2v) is 9.51. The number of amides is 2. The zero-order chi connectivity index (χ0) is 29.7. The van der Waals surface area contributed by atoms with Crippen molar-refractivity contribution in [1.29, 1.82) is 0 Å². The molecule has 40 heavy (non-hydrogen) atoms. The molecule has 0 saturated carbocycles. The van der Waals surface area contributed by atoms with Crippen molar-refractivity contribution in [2.75, 3.05) is 5.32 Å². The number of alkyl halides is 6. The molecule has 0 unspecified atom stereocenters. The van der Waals surface area contributed by atoms with Crippen LogP contribution < -0.4 is 11.1 Å². The van der Waals surface area contributed by atoms with Crippen LogP contribution in [0.3, 0.4) is 0 Å². The lowest BCUT2D eigenvalue weighted by atomic mass is 10.00. The first-order valence-electron chi connectivity index (χ1n) is 11.0. The number of hydrogen-bond donors (Lipinski definition) is 2. The Morgan fingerprint density at radius 1 is 1.10 bits per heavy atom. The number of pyridine rings is 1. The van der Waals surface area contributed by atoms with Crippen LogP contribution in [0.25, 0.3) is 21.3 Å². The minimum Gasteiger partial charge on any atom is -0.365 e. The van der Waals surface area contributed by atoms with E-state index in [-0.39, 0.29) is 31.9 Å². The van der Waals surface area contributed by atoms with E-state index in [1.165, 1.54) is 12.1 Å². The highest BCUT2D eigenvalue weighted by atomic mass is 32.1. The van der Waals surface area contributed by atoms with Gasteiger partial charge in [-0.05, 0) is 31.0 Å². The minimum absolute atomic E-state index is 0.0540. The van der Waals surface area contributed by atoms with Crippen molar-refractivity contribution in [2.45, 2.75) is 32.7 Å². The van der Waals surface area contributed by atoms with Gasteiger partial charge < -0.3 is 11.1 Å². The summed E-state index contributed by atoms with van der Waals surface area (Å²) in [6, 6.07) is 7.02. The molecule has 2 amide bonds. The SMILES string of the molecule is Cc1ccc(-c2cc(C(F)(F)F)nc3sc(C(N)=O)c(NC(=O)Cn4nc(C(F)(F)F)c([N+](=O)[O-])c4C)c23)cc1. The molecule has 17 heteroatoms. The van der Waals surface area contributed by atoms with Crippen LogP contribution in [0.15, 0.2) is 30.3 Å². The van der Waals surface area contributed by atoms with E-state index in [9.17, 15) is 46.0 Å². The van der Waals surface area contributed by atoms with E-state index in [1.54, 1.807) is 19.1 Å². The maximum atomic E-state index is 13.7. The minimum atomic E-state index is -5.19. The lowest BCUT2D eigenvalue weighted by molar-refractivity contribution is -0.388. The molecule has 4 aromatic rings. The summed E-state index contributed by atoms with van der Waals surface area (Å²) < 4.78 is 81.3. The maximum absolute atomic E-state index is 13.7. The van der Waals surface area contributed by atoms with Gasteiger partial charge in [-0.3, -0.25) is 24.4 Å². The Kier molecular flexibility index (Phi) is 7.04. The number of thiophene rings is 1. The zero-order valence-corrected chi connectivity index (χ0v) is 21.1. The normalized spacial score (nSPS) is 12.1. The molecule has 0 spiro atoms. The van der Waals surface area contributed by atoms with Crippen LogP contribution in [0.1, 0.15) is 32.3 Å². The topological polar surface area (TPSA) is 146 Å². The second kappa shape index (κ2) is 9.89. The molecule has 0 aliphatic rings. The van der Waals surface area contributed by atoms with E-state index in [0.717, 1.165) is 18.6 Å². The van der Waals surface area contributed by atoms with Crippen LogP contribution in [-0.2, 0) is 23.7 Å². The molecule has 4 rings (SSSR count). The number of halogens is 6. The van der Waals surface area contributed by atoms with E-state index in [2.05, 4.69) is 15.4 Å². The van der Waals surface area contributed by atoms with Crippen molar-refractivity contribution >= 4 is 44.7 Å². The van der Waals surface area contributed by atoms with E-state index in [0.29, 0.717) is 16.0 Å². The van der Waals surface area contributed by atoms with Gasteiger partial charge in [-0.2, -0.15) is 31.4 Å². The van der Waals surface area contributed by atoms with E-state index in [1.807, 2.05) is 0 Å². The summed E-state index contributed by atoms with van der Waals surface area (Å²) in [5.74, 6) is -2.21. The molecule has 0 saturated heterocycles. The number of anilines is 1. The summed E-state index contributed by atoms with van der Waals surface area (Å²) >= 11 is 0.479. The van der Waals surface area contributed by atoms with Gasteiger partial charge in [-0.15, -0.1) is 11.3 Å². The Bertz CT molecular complexity index is 1670. The van der Waals surface area contributed by atoms with Crippen LogP contribution in [0.4, 0.5) is 37.7 Å². The molecule has 3 heterocycles. The summed E-state index contributed by atoms with van der Waals surface area (Å²) in [5, 5.41) is 16.6. The number of nitro groups is 1. The molecular formula is C23H16F6N6O4S. The van der Waals surface area contributed by atoms with Gasteiger partial charge >= 0.3 is 18.0 Å². The van der Waals surface area contributed by atoms with Crippen LogP contribution in [0.5, 0.6) is 0 Å². The van der Waals surface area contributed by atoms with Crippen molar-refractivity contribution in [3.05, 3.63) is 68.0 Å². The first-order valence-corrected chi connectivity index (χ1v) is 11.8. The highest BCUT2D eigenvalue weighted by molar-refractivity contribution is 7.21. The van der Waals surface area contributed by atoms with Crippen molar-refractivity contribution < 1.29 is 40.9 Å². The standard InChI is InChI=1S/C23H16F6N6O4S/c1-9-3-5-11(6-4-9)12-7-13(22(24,25)26)31-21-15(12)16(18(40-21)20(30)37)32-14(36)8-34-10(2)17(35(38)39)19(33-34)23(27,28)29/h3-7H,8H2,1-2H3,(H2,30,37)(H,32,36). The molecule has 0 aliphatic heterocycles. The summed E-state index contributed by atoms with van der Waals surface area (Å²) in [6.45, 7) is 1.74. The Labute approximate surface area is 223 Å². The summed E-state index contributed by atoms with van der Waals surface area (Å²) in [7, 11) is 0. The average Bonchev–Trinajstić information content (AvgIpc) is 3.36. The van der Waals surface area contributed by atoms with Gasteiger partial charge in [-0.1, -0.05) is 29.8 Å². The third-order valence-corrected chi connectivity index (χ3v) is 6.82. The van der Waals surface area contributed by atoms with Crippen LogP contribution >= 0.6 is 11.3 Å². The van der Waals surface area contributed by atoms with E-state index in [4.69, 9.17) is 5.73 Å². The van der Waals surface area contributed by atoms with Gasteiger partial charge in [0.1, 0.15) is 27.6 Å². The maximum Gasteiger partial charge on any atom is 0.442 e. The molecule has 0 fully saturated rings. The third-order valence-electron chi connectivity index (χ3n) is 5.72. The number of aryl methyl sites for hydroxylation is 1. The molecule has 0 bridgehead atoms. The zero-order valence-electron chi connectivity index (χ0n) is 20.3. The fourth-order valence-corrected chi connectivity index (χ4v) is 4.92. The van der Waals surface area contributed by atoms with Gasteiger partial charge in [0.05, 0.1) is 10.6 Å². The highest BCUT2D eigenvalue weighted by Crippen LogP contribution is 2.44. The number of fused-ring (bicyclic) bond motifs is 1. The van der Waals surface area contributed by atoms with E-state index < -0.39 is 58.4 Å². The largest absolute Gasteiger partial charge is 0.442 e. The van der Waals surface area contributed by atoms with Gasteiger partial charge in [0.2, 0.25) is 11.6 Å². The molecular weight excluding hydrogens is 570 g/mol. The number of nitrogens with one attached hydrogen (secondary N) is 1. The Hall–Kier alpha value is -4.54. The van der Waals surface area contributed by atoms with Crippen LogP contribution in [0.2, 0.25) is 0 Å². The fraction of sp³-hybridized carbons (Fsp3) is 0.217. The Morgan fingerprint density at radius 2 is 1.73 bits per heavy atom. The molecule has 210 valence electrons. The van der Waals surface area contributed by atoms with Gasteiger partial charge in [0, 0.05) is 5.39 Å². The number of aromatic nitrogens is 3. The highest BCUT2D eigenvalue weighted by Gasteiger charge is 2.44. The number of primary amides is 1. The number of nitrogens with two attached hydrogens (primary N) is 1. The quantitative estimate of drug-likeness (QED) is 0.174. The Morgan fingerprint density at radius 3 is 2.23 bits per heavy atom. The average molecular weight is 586 g/mol. The van der Waals surface area contributed by atoms with Crippen molar-refractivity contribution in [2.24, 2.45) is 5.73 Å². The molecule has 0 aliphatic carbocycles. The molecule has 10 nitrogen and oxygen atoms in total. The number of carbonyl (C=O) groups excluding carboxylic acids is 2. The lowest BCUT2D eigenvalue weighted by Crippen LogP contribution is -2.22. The van der Waals surface area contributed by atoms with Crippen molar-refractivity contribution in [3.8, 4) is 11.1 Å². The molecule has 1 aromatic carbocycles. The summed E-state index contributed by atoms with van der Waals surface area (Å²) in [5.41, 5.74) is 1.12. The lowest BCUT2D eigenvalue weighted by Gasteiger charge is -2.13. The molecule has 0 radical (unpaired) electrons. The van der Waals surface area contributed by atoms with Gasteiger partial charge in [0.15, 0.2) is 0 Å². The third kappa shape index (κ3) is 5.31. The number of hydrogen-bond acceptors (Lipinski definition) is 7. The number of carbonyl (C=O) groups is 2. The van der Waals surface area contributed by atoms with Crippen LogP contribution in [0, 0.1) is 24.0 Å². The molecule has 0 atom stereocenters. The predicted octanol–water partition coefficient (Wildman–Crippen LogP) is 5.46. The van der Waals surface area contributed by atoms with Gasteiger partial charge in [-0.25, -0.2) is 4.98 Å². The predicted molar refractivity (Wildman–Crippen MR) is 131 cm³/mol. The van der Waals surface area contributed by atoms with E-state index >= 15 is 0 Å². The van der Waals surface area contributed by atoms with Gasteiger partial charge in [0.25, 0.3) is 5.91 Å². The number of rotatable bonds is 6.